The Hall–Kier alpha value is -0.850. The van der Waals surface area contributed by atoms with Gasteiger partial charge in [-0.05, 0) is 12.8 Å². The van der Waals surface area contributed by atoms with Gasteiger partial charge in [-0.1, -0.05) is 12.8 Å². The number of piperazine rings is 1. The van der Waals surface area contributed by atoms with Crippen molar-refractivity contribution in [1.82, 2.24) is 9.80 Å². The Labute approximate surface area is 126 Å². The van der Waals surface area contributed by atoms with Gasteiger partial charge >= 0.3 is 5.97 Å². The molecule has 2 N–H and O–H groups in total. The molecule has 6 nitrogen and oxygen atoms in total. The van der Waals surface area contributed by atoms with Gasteiger partial charge < -0.3 is 15.4 Å². The van der Waals surface area contributed by atoms with Crippen LogP contribution < -0.4 is 5.73 Å². The number of hydrogen-bond donors (Lipinski definition) is 1. The van der Waals surface area contributed by atoms with E-state index in [1.165, 1.54) is 7.11 Å². The number of rotatable bonds is 3. The maximum atomic E-state index is 12.4. The van der Waals surface area contributed by atoms with Gasteiger partial charge in [0.15, 0.2) is 0 Å². The van der Waals surface area contributed by atoms with Gasteiger partial charge in [0.2, 0.25) is 5.91 Å². The molecule has 0 aromatic heterocycles. The predicted molar refractivity (Wildman–Crippen MR) is 77.7 cm³/mol. The van der Waals surface area contributed by atoms with Crippen LogP contribution in [0.25, 0.3) is 0 Å². The zero-order valence-corrected chi connectivity index (χ0v) is 12.8. The van der Waals surface area contributed by atoms with E-state index in [4.69, 9.17) is 5.73 Å². The summed E-state index contributed by atoms with van der Waals surface area (Å²) >= 11 is 0. The first kappa shape index (κ1) is 17.2. The Morgan fingerprint density at radius 2 is 1.70 bits per heavy atom. The van der Waals surface area contributed by atoms with Gasteiger partial charge in [0.25, 0.3) is 0 Å². The molecule has 1 heterocycles. The van der Waals surface area contributed by atoms with Crippen molar-refractivity contribution in [2.24, 2.45) is 5.73 Å². The first-order valence-electron chi connectivity index (χ1n) is 6.92. The van der Waals surface area contributed by atoms with Gasteiger partial charge in [-0.15, -0.1) is 12.4 Å². The molecule has 2 aliphatic rings. The van der Waals surface area contributed by atoms with Crippen LogP contribution in [0.15, 0.2) is 0 Å². The normalized spacial score (nSPS) is 22.2. The van der Waals surface area contributed by atoms with Crippen molar-refractivity contribution in [3.63, 3.8) is 0 Å². The number of hydrogen-bond acceptors (Lipinski definition) is 5. The number of carbonyl (C=O) groups is 2. The molecular weight excluding hydrogens is 282 g/mol. The zero-order valence-electron chi connectivity index (χ0n) is 12.0. The summed E-state index contributed by atoms with van der Waals surface area (Å²) in [6.45, 7) is 3.00. The lowest BCUT2D eigenvalue weighted by Gasteiger charge is -2.38. The van der Waals surface area contributed by atoms with Crippen LogP contribution in [0, 0.1) is 0 Å². The number of nitrogens with zero attached hydrogens (tertiary/aromatic N) is 2. The van der Waals surface area contributed by atoms with E-state index in [9.17, 15) is 9.59 Å². The van der Waals surface area contributed by atoms with Crippen LogP contribution in [-0.4, -0.2) is 67.0 Å². The Bertz CT molecular complexity index is 351. The largest absolute Gasteiger partial charge is 0.468 e. The second-order valence-electron chi connectivity index (χ2n) is 5.51. The molecule has 1 saturated heterocycles. The van der Waals surface area contributed by atoms with E-state index >= 15 is 0 Å². The third kappa shape index (κ3) is 3.84. The number of ether oxygens (including phenoxy) is 1. The van der Waals surface area contributed by atoms with Crippen LogP contribution in [-0.2, 0) is 14.3 Å². The van der Waals surface area contributed by atoms with Crippen LogP contribution in [0.4, 0.5) is 0 Å². The lowest BCUT2D eigenvalue weighted by Crippen LogP contribution is -2.58. The number of halogens is 1. The number of methoxy groups -OCH3 is 1. The van der Waals surface area contributed by atoms with E-state index in [0.29, 0.717) is 32.7 Å². The first-order valence-corrected chi connectivity index (χ1v) is 6.92. The summed E-state index contributed by atoms with van der Waals surface area (Å²) in [6.07, 6.45) is 3.69. The van der Waals surface area contributed by atoms with Crippen molar-refractivity contribution in [3.8, 4) is 0 Å². The van der Waals surface area contributed by atoms with Crippen molar-refractivity contribution < 1.29 is 14.3 Å². The molecule has 0 aromatic rings. The van der Waals surface area contributed by atoms with Gasteiger partial charge in [0.05, 0.1) is 19.2 Å². The Balaban J connectivity index is 0.00000200. The minimum absolute atomic E-state index is 0. The van der Waals surface area contributed by atoms with E-state index in [2.05, 4.69) is 4.74 Å². The van der Waals surface area contributed by atoms with Gasteiger partial charge in [-0.3, -0.25) is 14.5 Å². The molecule has 1 aliphatic carbocycles. The molecule has 2 rings (SSSR count). The molecule has 0 bridgehead atoms. The van der Waals surface area contributed by atoms with Crippen molar-refractivity contribution in [3.05, 3.63) is 0 Å². The second-order valence-corrected chi connectivity index (χ2v) is 5.51. The summed E-state index contributed by atoms with van der Waals surface area (Å²) in [5, 5.41) is 0. The van der Waals surface area contributed by atoms with Crippen molar-refractivity contribution in [2.75, 3.05) is 39.8 Å². The second kappa shape index (κ2) is 7.24. The zero-order chi connectivity index (χ0) is 13.9. The number of amides is 1. The van der Waals surface area contributed by atoms with Gasteiger partial charge in [0.1, 0.15) is 0 Å². The lowest BCUT2D eigenvalue weighted by molar-refractivity contribution is -0.143. The van der Waals surface area contributed by atoms with Crippen LogP contribution in [0.3, 0.4) is 0 Å². The van der Waals surface area contributed by atoms with Crippen LogP contribution >= 0.6 is 12.4 Å². The highest BCUT2D eigenvalue weighted by Crippen LogP contribution is 2.29. The molecular formula is C13H24ClN3O3. The highest BCUT2D eigenvalue weighted by molar-refractivity contribution is 5.86. The molecule has 20 heavy (non-hydrogen) atoms. The summed E-state index contributed by atoms with van der Waals surface area (Å²) in [4.78, 5) is 27.4. The lowest BCUT2D eigenvalue weighted by atomic mass is 9.97. The Kier molecular flexibility index (Phi) is 6.23. The number of carbonyl (C=O) groups excluding carboxylic acids is 2. The first-order chi connectivity index (χ1) is 9.05. The minimum atomic E-state index is -0.634. The number of esters is 1. The fraction of sp³-hybridized carbons (Fsp3) is 0.846. The highest BCUT2D eigenvalue weighted by atomic mass is 35.5. The van der Waals surface area contributed by atoms with Crippen molar-refractivity contribution in [2.45, 2.75) is 31.2 Å². The average Bonchev–Trinajstić information content (AvgIpc) is 2.87. The highest BCUT2D eigenvalue weighted by Gasteiger charge is 2.40. The maximum Gasteiger partial charge on any atom is 0.319 e. The van der Waals surface area contributed by atoms with E-state index < -0.39 is 5.54 Å². The fourth-order valence-corrected chi connectivity index (χ4v) is 2.89. The fourth-order valence-electron chi connectivity index (χ4n) is 2.89. The standard InChI is InChI=1S/C13H23N3O3.ClH/c1-19-11(17)10-15-6-8-16(9-7-15)12(18)13(14)4-2-3-5-13;/h2-10,14H2,1H3;1H. The summed E-state index contributed by atoms with van der Waals surface area (Å²) in [5.41, 5.74) is 5.56. The van der Waals surface area contributed by atoms with Gasteiger partial charge in [-0.25, -0.2) is 0 Å². The molecule has 7 heteroatoms. The third-order valence-electron chi connectivity index (χ3n) is 4.16. The van der Waals surface area contributed by atoms with Crippen LogP contribution in [0.2, 0.25) is 0 Å². The Morgan fingerprint density at radius 3 is 2.20 bits per heavy atom. The third-order valence-corrected chi connectivity index (χ3v) is 4.16. The van der Waals surface area contributed by atoms with Crippen molar-refractivity contribution in [1.29, 1.82) is 0 Å². The monoisotopic (exact) mass is 305 g/mol. The summed E-state index contributed by atoms with van der Waals surface area (Å²) in [6, 6.07) is 0. The molecule has 0 radical (unpaired) electrons. The van der Waals surface area contributed by atoms with Gasteiger partial charge in [0, 0.05) is 26.2 Å². The topological polar surface area (TPSA) is 75.9 Å². The average molecular weight is 306 g/mol. The molecule has 2 fully saturated rings. The summed E-state index contributed by atoms with van der Waals surface area (Å²) in [7, 11) is 1.39. The molecule has 0 atom stereocenters. The SMILES string of the molecule is COC(=O)CN1CCN(C(=O)C2(N)CCCC2)CC1.Cl. The smallest absolute Gasteiger partial charge is 0.319 e. The van der Waals surface area contributed by atoms with E-state index in [0.717, 1.165) is 25.7 Å². The predicted octanol–water partition coefficient (Wildman–Crippen LogP) is -0.00310. The molecule has 0 aromatic carbocycles. The Morgan fingerprint density at radius 1 is 1.15 bits per heavy atom. The van der Waals surface area contributed by atoms with E-state index in [-0.39, 0.29) is 24.3 Å². The number of nitrogens with two attached hydrogens (primary N) is 1. The molecule has 0 spiro atoms. The van der Waals surface area contributed by atoms with E-state index in [1.807, 2.05) is 9.80 Å². The summed E-state index contributed by atoms with van der Waals surface area (Å²) < 4.78 is 4.64. The molecule has 0 unspecified atom stereocenters. The van der Waals surface area contributed by atoms with Gasteiger partial charge in [-0.2, -0.15) is 0 Å². The molecule has 116 valence electrons. The quantitative estimate of drug-likeness (QED) is 0.743. The molecule has 1 saturated carbocycles. The maximum absolute atomic E-state index is 12.4. The van der Waals surface area contributed by atoms with Crippen molar-refractivity contribution >= 4 is 24.3 Å². The molecule has 1 amide bonds. The molecule has 1 aliphatic heterocycles. The van der Waals surface area contributed by atoms with E-state index in [1.54, 1.807) is 0 Å². The minimum Gasteiger partial charge on any atom is -0.468 e. The van der Waals surface area contributed by atoms with Crippen LogP contribution in [0.1, 0.15) is 25.7 Å². The summed E-state index contributed by atoms with van der Waals surface area (Å²) in [5.74, 6) is -0.145. The van der Waals surface area contributed by atoms with Crippen LogP contribution in [0.5, 0.6) is 0 Å².